The van der Waals surface area contributed by atoms with Crippen molar-refractivity contribution in [1.82, 2.24) is 4.31 Å². The molecule has 1 aromatic carbocycles. The van der Waals surface area contributed by atoms with Gasteiger partial charge in [-0.1, -0.05) is 46.7 Å². The van der Waals surface area contributed by atoms with Crippen molar-refractivity contribution in [3.8, 4) is 0 Å². The van der Waals surface area contributed by atoms with E-state index in [4.69, 9.17) is 0 Å². The van der Waals surface area contributed by atoms with Crippen LogP contribution in [0.1, 0.15) is 31.2 Å². The lowest BCUT2D eigenvalue weighted by Crippen LogP contribution is -2.45. The van der Waals surface area contributed by atoms with E-state index in [-0.39, 0.29) is 6.04 Å². The molecule has 1 saturated carbocycles. The van der Waals surface area contributed by atoms with Crippen molar-refractivity contribution in [3.05, 3.63) is 29.8 Å². The van der Waals surface area contributed by atoms with Gasteiger partial charge in [-0.3, -0.25) is 0 Å². The summed E-state index contributed by atoms with van der Waals surface area (Å²) in [5.74, 6) is 0.561. The van der Waals surface area contributed by atoms with Gasteiger partial charge >= 0.3 is 0 Å². The fourth-order valence-corrected chi connectivity index (χ4v) is 6.88. The fourth-order valence-electron chi connectivity index (χ4n) is 3.51. The average molecular weight is 405 g/mol. The van der Waals surface area contributed by atoms with E-state index < -0.39 is 10.0 Å². The van der Waals surface area contributed by atoms with Gasteiger partial charge in [0.25, 0.3) is 0 Å². The molecule has 110 valence electrons. The minimum Gasteiger partial charge on any atom is -0.207 e. The lowest BCUT2D eigenvalue weighted by molar-refractivity contribution is 0.276. The second kappa shape index (κ2) is 5.57. The van der Waals surface area contributed by atoms with Crippen LogP contribution in [0.25, 0.3) is 0 Å². The molecule has 0 unspecified atom stereocenters. The summed E-state index contributed by atoms with van der Waals surface area (Å²) in [7, 11) is -3.33. The zero-order valence-corrected chi connectivity index (χ0v) is 14.6. The molecule has 0 bridgehead atoms. The van der Waals surface area contributed by atoms with Gasteiger partial charge in [-0.2, -0.15) is 4.31 Å². The summed E-state index contributed by atoms with van der Waals surface area (Å²) in [6.07, 6.45) is 4.59. The monoisotopic (exact) mass is 405 g/mol. The first kappa shape index (κ1) is 14.8. The molecule has 3 atom stereocenters. The van der Waals surface area contributed by atoms with Crippen molar-refractivity contribution in [1.29, 1.82) is 0 Å². The van der Waals surface area contributed by atoms with Crippen LogP contribution < -0.4 is 0 Å². The molecule has 2 aliphatic rings. The van der Waals surface area contributed by atoms with Crippen LogP contribution >= 0.6 is 22.6 Å². The van der Waals surface area contributed by atoms with Crippen molar-refractivity contribution in [2.75, 3.05) is 6.54 Å². The number of nitrogens with zero attached hydrogens (tertiary/aromatic N) is 1. The molecule has 1 aliphatic heterocycles. The van der Waals surface area contributed by atoms with Gasteiger partial charge in [-0.15, -0.1) is 0 Å². The molecule has 1 saturated heterocycles. The van der Waals surface area contributed by atoms with E-state index in [0.717, 1.165) is 18.4 Å². The topological polar surface area (TPSA) is 37.4 Å². The molecule has 20 heavy (non-hydrogen) atoms. The number of halogens is 1. The number of rotatable bonds is 2. The molecular weight excluding hydrogens is 385 g/mol. The maximum Gasteiger partial charge on any atom is 0.243 e. The Kier molecular flexibility index (Phi) is 4.12. The molecule has 0 aromatic heterocycles. The summed E-state index contributed by atoms with van der Waals surface area (Å²) in [6.45, 7) is 2.66. The highest BCUT2D eigenvalue weighted by atomic mass is 127. The van der Waals surface area contributed by atoms with Crippen LogP contribution in [0.3, 0.4) is 0 Å². The molecule has 2 fully saturated rings. The summed E-state index contributed by atoms with van der Waals surface area (Å²) in [6, 6.07) is 7.44. The Morgan fingerprint density at radius 2 is 1.85 bits per heavy atom. The van der Waals surface area contributed by atoms with Gasteiger partial charge in [-0.05, 0) is 44.2 Å². The Morgan fingerprint density at radius 3 is 2.55 bits per heavy atom. The largest absolute Gasteiger partial charge is 0.243 e. The molecule has 0 radical (unpaired) electrons. The van der Waals surface area contributed by atoms with Crippen LogP contribution in [-0.4, -0.2) is 29.2 Å². The quantitative estimate of drug-likeness (QED) is 0.559. The lowest BCUT2D eigenvalue weighted by atomic mass is 9.85. The van der Waals surface area contributed by atoms with Crippen molar-refractivity contribution >= 4 is 32.6 Å². The number of hydrogen-bond acceptors (Lipinski definition) is 2. The normalized spacial score (nSPS) is 31.2. The van der Waals surface area contributed by atoms with Crippen LogP contribution in [0.5, 0.6) is 0 Å². The summed E-state index contributed by atoms with van der Waals surface area (Å²) >= 11 is 2.45. The van der Waals surface area contributed by atoms with Gasteiger partial charge in [0, 0.05) is 16.5 Å². The maximum atomic E-state index is 12.9. The minimum absolute atomic E-state index is 0.204. The zero-order chi connectivity index (χ0) is 14.3. The molecule has 1 aromatic rings. The predicted molar refractivity (Wildman–Crippen MR) is 88.6 cm³/mol. The summed E-state index contributed by atoms with van der Waals surface area (Å²) in [5.41, 5.74) is 1.09. The maximum absolute atomic E-state index is 12.9. The third-order valence-corrected chi connectivity index (χ3v) is 7.86. The highest BCUT2D eigenvalue weighted by Crippen LogP contribution is 2.42. The third kappa shape index (κ3) is 2.52. The van der Waals surface area contributed by atoms with Gasteiger partial charge in [0.15, 0.2) is 0 Å². The molecule has 0 N–H and O–H groups in total. The van der Waals surface area contributed by atoms with Gasteiger partial charge < -0.3 is 0 Å². The van der Waals surface area contributed by atoms with Crippen LogP contribution in [0.2, 0.25) is 0 Å². The molecule has 5 heteroatoms. The number of fused-ring (bicyclic) bond motifs is 1. The van der Waals surface area contributed by atoms with Crippen molar-refractivity contribution in [2.24, 2.45) is 5.92 Å². The van der Waals surface area contributed by atoms with E-state index in [1.165, 1.54) is 12.8 Å². The smallest absolute Gasteiger partial charge is 0.207 e. The van der Waals surface area contributed by atoms with Crippen LogP contribution in [0, 0.1) is 12.8 Å². The van der Waals surface area contributed by atoms with E-state index in [2.05, 4.69) is 22.6 Å². The first-order chi connectivity index (χ1) is 9.50. The summed E-state index contributed by atoms with van der Waals surface area (Å²) in [4.78, 5) is 0.443. The predicted octanol–water partition coefficient (Wildman–Crippen LogP) is 3.36. The van der Waals surface area contributed by atoms with E-state index in [0.29, 0.717) is 21.3 Å². The number of hydrogen-bond donors (Lipinski definition) is 0. The Morgan fingerprint density at radius 1 is 1.15 bits per heavy atom. The van der Waals surface area contributed by atoms with Crippen LogP contribution in [-0.2, 0) is 10.0 Å². The number of sulfonamides is 1. The standard InChI is InChI=1S/C15H20INO2S/c1-11-5-7-13(8-6-11)20(18,19)17-10-9-12-3-2-4-14(16)15(12)17/h5-8,12,14-15H,2-4,9-10H2,1H3/t12-,14+,15+/m1/s1. The number of benzene rings is 1. The fraction of sp³-hybridized carbons (Fsp3) is 0.600. The first-order valence-electron chi connectivity index (χ1n) is 7.23. The van der Waals surface area contributed by atoms with E-state index >= 15 is 0 Å². The Bertz CT molecular complexity index is 584. The van der Waals surface area contributed by atoms with Gasteiger partial charge in [0.05, 0.1) is 4.90 Å². The minimum atomic E-state index is -3.33. The summed E-state index contributed by atoms with van der Waals surface area (Å²) in [5, 5.41) is 0. The Hall–Kier alpha value is -0.140. The Balaban J connectivity index is 1.93. The first-order valence-corrected chi connectivity index (χ1v) is 9.91. The molecule has 3 nitrogen and oxygen atoms in total. The van der Waals surface area contributed by atoms with Crippen molar-refractivity contribution < 1.29 is 8.42 Å². The van der Waals surface area contributed by atoms with Crippen molar-refractivity contribution in [2.45, 2.75) is 47.5 Å². The van der Waals surface area contributed by atoms with E-state index in [1.807, 2.05) is 19.1 Å². The highest BCUT2D eigenvalue weighted by Gasteiger charge is 2.46. The molecule has 1 aliphatic carbocycles. The SMILES string of the molecule is Cc1ccc(S(=O)(=O)N2CC[C@H]3CCC[C@H](I)[C@H]32)cc1. The van der Waals surface area contributed by atoms with E-state index in [1.54, 1.807) is 16.4 Å². The Labute approximate surface area is 134 Å². The van der Waals surface area contributed by atoms with Crippen LogP contribution in [0.15, 0.2) is 29.2 Å². The lowest BCUT2D eigenvalue weighted by Gasteiger charge is -2.35. The molecular formula is C15H20INO2S. The third-order valence-electron chi connectivity index (χ3n) is 4.59. The highest BCUT2D eigenvalue weighted by molar-refractivity contribution is 14.1. The second-order valence-corrected chi connectivity index (χ2v) is 9.41. The summed E-state index contributed by atoms with van der Waals surface area (Å²) < 4.78 is 28.0. The molecule has 0 spiro atoms. The number of alkyl halides is 1. The molecule has 1 heterocycles. The average Bonchev–Trinajstić information content (AvgIpc) is 2.85. The second-order valence-electron chi connectivity index (χ2n) is 5.92. The van der Waals surface area contributed by atoms with E-state index in [9.17, 15) is 8.42 Å². The zero-order valence-electron chi connectivity index (χ0n) is 11.6. The van der Waals surface area contributed by atoms with Gasteiger partial charge in [0.2, 0.25) is 10.0 Å². The molecule has 3 rings (SSSR count). The van der Waals surface area contributed by atoms with Crippen molar-refractivity contribution in [3.63, 3.8) is 0 Å². The van der Waals surface area contributed by atoms with Crippen LogP contribution in [0.4, 0.5) is 0 Å². The molecule has 0 amide bonds. The van der Waals surface area contributed by atoms with Gasteiger partial charge in [-0.25, -0.2) is 8.42 Å². The van der Waals surface area contributed by atoms with Gasteiger partial charge in [0.1, 0.15) is 0 Å². The number of aryl methyl sites for hydroxylation is 1.